The number of nitrogens with one attached hydrogen (secondary N) is 1. The number of amides is 4. The van der Waals surface area contributed by atoms with Gasteiger partial charge in [-0.3, -0.25) is 24.5 Å². The van der Waals surface area contributed by atoms with Gasteiger partial charge in [-0.25, -0.2) is 0 Å². The van der Waals surface area contributed by atoms with Crippen LogP contribution in [0.25, 0.3) is 0 Å². The van der Waals surface area contributed by atoms with Crippen LogP contribution in [0, 0.1) is 0 Å². The standard InChI is InChI=1S/C17H19N3O4S/c18-14(21)5-2-8-25-13-4-1-3-10-11(13)9-20(17(10)24)12-6-7-15(22)19-16(12)23/h1,3-4,12H,2,5-9H2,(H2,18,21)(H,19,22,23). The van der Waals surface area contributed by atoms with Gasteiger partial charge in [-0.15, -0.1) is 11.8 Å². The summed E-state index contributed by atoms with van der Waals surface area (Å²) in [5.41, 5.74) is 6.65. The second kappa shape index (κ2) is 7.26. The molecule has 1 unspecified atom stereocenters. The topological polar surface area (TPSA) is 110 Å². The first-order valence-corrected chi connectivity index (χ1v) is 9.13. The molecule has 1 atom stereocenters. The van der Waals surface area contributed by atoms with Gasteiger partial charge in [-0.05, 0) is 36.3 Å². The summed E-state index contributed by atoms with van der Waals surface area (Å²) in [5, 5.41) is 2.30. The van der Waals surface area contributed by atoms with Crippen molar-refractivity contribution in [2.75, 3.05) is 5.75 Å². The minimum Gasteiger partial charge on any atom is -0.370 e. The Hall–Kier alpha value is -2.35. The van der Waals surface area contributed by atoms with Gasteiger partial charge in [0.2, 0.25) is 17.7 Å². The zero-order valence-electron chi connectivity index (χ0n) is 13.6. The van der Waals surface area contributed by atoms with Crippen LogP contribution in [0.2, 0.25) is 0 Å². The molecular formula is C17H19N3O4S. The molecule has 132 valence electrons. The molecule has 8 heteroatoms. The Kier molecular flexibility index (Phi) is 5.08. The maximum atomic E-state index is 12.7. The lowest BCUT2D eigenvalue weighted by Gasteiger charge is -2.29. The Morgan fingerprint density at radius 1 is 1.32 bits per heavy atom. The Morgan fingerprint density at radius 2 is 2.12 bits per heavy atom. The van der Waals surface area contributed by atoms with Crippen molar-refractivity contribution in [3.8, 4) is 0 Å². The van der Waals surface area contributed by atoms with Crippen molar-refractivity contribution in [3.05, 3.63) is 29.3 Å². The minimum absolute atomic E-state index is 0.177. The van der Waals surface area contributed by atoms with Crippen molar-refractivity contribution in [2.24, 2.45) is 5.73 Å². The second-order valence-corrected chi connectivity index (χ2v) is 7.24. The number of nitrogens with two attached hydrogens (primary N) is 1. The summed E-state index contributed by atoms with van der Waals surface area (Å²) in [7, 11) is 0. The molecule has 4 amide bonds. The fraction of sp³-hybridized carbons (Fsp3) is 0.412. The first kappa shape index (κ1) is 17.5. The SMILES string of the molecule is NC(=O)CCCSc1cccc2c1CN(C1CCC(=O)NC1=O)C2=O. The third-order valence-electron chi connectivity index (χ3n) is 4.36. The fourth-order valence-corrected chi connectivity index (χ4v) is 4.15. The number of fused-ring (bicyclic) bond motifs is 1. The van der Waals surface area contributed by atoms with Gasteiger partial charge in [0.1, 0.15) is 6.04 Å². The van der Waals surface area contributed by atoms with E-state index < -0.39 is 11.9 Å². The number of thioether (sulfide) groups is 1. The molecule has 0 aliphatic carbocycles. The number of piperidine rings is 1. The van der Waals surface area contributed by atoms with Gasteiger partial charge in [0.25, 0.3) is 5.91 Å². The molecule has 3 rings (SSSR count). The van der Waals surface area contributed by atoms with E-state index in [1.54, 1.807) is 22.7 Å². The molecule has 1 aromatic carbocycles. The lowest BCUT2D eigenvalue weighted by molar-refractivity contribution is -0.137. The van der Waals surface area contributed by atoms with E-state index >= 15 is 0 Å². The lowest BCUT2D eigenvalue weighted by Crippen LogP contribution is -2.52. The van der Waals surface area contributed by atoms with Crippen molar-refractivity contribution < 1.29 is 19.2 Å². The van der Waals surface area contributed by atoms with Gasteiger partial charge < -0.3 is 10.6 Å². The lowest BCUT2D eigenvalue weighted by atomic mass is 10.0. The van der Waals surface area contributed by atoms with E-state index in [9.17, 15) is 19.2 Å². The van der Waals surface area contributed by atoms with Gasteiger partial charge in [0, 0.05) is 29.8 Å². The Bertz CT molecular complexity index is 749. The Balaban J connectivity index is 1.72. The average Bonchev–Trinajstić information content (AvgIpc) is 2.89. The van der Waals surface area contributed by atoms with E-state index in [0.717, 1.165) is 16.2 Å². The monoisotopic (exact) mass is 361 g/mol. The maximum Gasteiger partial charge on any atom is 0.255 e. The van der Waals surface area contributed by atoms with Crippen LogP contribution >= 0.6 is 11.8 Å². The van der Waals surface area contributed by atoms with E-state index in [1.165, 1.54) is 0 Å². The van der Waals surface area contributed by atoms with Crippen molar-refractivity contribution >= 4 is 35.4 Å². The molecule has 0 saturated carbocycles. The van der Waals surface area contributed by atoms with Crippen molar-refractivity contribution in [1.82, 2.24) is 10.2 Å². The number of hydrogen-bond donors (Lipinski definition) is 2. The summed E-state index contributed by atoms with van der Waals surface area (Å²) in [6.45, 7) is 0.361. The number of primary amides is 1. The summed E-state index contributed by atoms with van der Waals surface area (Å²) in [6.07, 6.45) is 1.61. The van der Waals surface area contributed by atoms with E-state index in [1.807, 2.05) is 12.1 Å². The summed E-state index contributed by atoms with van der Waals surface area (Å²) in [4.78, 5) is 49.4. The summed E-state index contributed by atoms with van der Waals surface area (Å²) in [5.74, 6) is -0.474. The number of nitrogens with zero attached hydrogens (tertiary/aromatic N) is 1. The van der Waals surface area contributed by atoms with E-state index in [4.69, 9.17) is 5.73 Å². The number of carbonyl (C=O) groups excluding carboxylic acids is 4. The highest BCUT2D eigenvalue weighted by molar-refractivity contribution is 7.99. The van der Waals surface area contributed by atoms with Gasteiger partial charge >= 0.3 is 0 Å². The zero-order chi connectivity index (χ0) is 18.0. The molecule has 2 heterocycles. The van der Waals surface area contributed by atoms with Crippen LogP contribution in [0.5, 0.6) is 0 Å². The van der Waals surface area contributed by atoms with Crippen LogP contribution in [0.15, 0.2) is 23.1 Å². The molecule has 1 saturated heterocycles. The van der Waals surface area contributed by atoms with Crippen molar-refractivity contribution in [2.45, 2.75) is 43.2 Å². The molecule has 0 radical (unpaired) electrons. The number of carbonyl (C=O) groups is 4. The van der Waals surface area contributed by atoms with Gasteiger partial charge in [-0.1, -0.05) is 6.07 Å². The third-order valence-corrected chi connectivity index (χ3v) is 5.55. The summed E-state index contributed by atoms with van der Waals surface area (Å²) < 4.78 is 0. The highest BCUT2D eigenvalue weighted by atomic mass is 32.2. The predicted molar refractivity (Wildman–Crippen MR) is 91.6 cm³/mol. The first-order chi connectivity index (χ1) is 12.0. The van der Waals surface area contributed by atoms with Crippen LogP contribution in [-0.4, -0.2) is 40.3 Å². The highest BCUT2D eigenvalue weighted by Gasteiger charge is 2.39. The molecular weight excluding hydrogens is 342 g/mol. The van der Waals surface area contributed by atoms with Crippen LogP contribution in [0.3, 0.4) is 0 Å². The van der Waals surface area contributed by atoms with Gasteiger partial charge in [0.15, 0.2) is 0 Å². The van der Waals surface area contributed by atoms with Crippen LogP contribution in [0.1, 0.15) is 41.6 Å². The molecule has 2 aliphatic rings. The average molecular weight is 361 g/mol. The van der Waals surface area contributed by atoms with Crippen LogP contribution in [0.4, 0.5) is 0 Å². The number of imide groups is 1. The predicted octanol–water partition coefficient (Wildman–Crippen LogP) is 0.805. The smallest absolute Gasteiger partial charge is 0.255 e. The summed E-state index contributed by atoms with van der Waals surface area (Å²) >= 11 is 1.58. The molecule has 0 bridgehead atoms. The molecule has 0 spiro atoms. The Morgan fingerprint density at radius 3 is 2.84 bits per heavy atom. The fourth-order valence-electron chi connectivity index (χ4n) is 3.12. The van der Waals surface area contributed by atoms with Gasteiger partial charge in [0.05, 0.1) is 0 Å². The first-order valence-electron chi connectivity index (χ1n) is 8.15. The van der Waals surface area contributed by atoms with E-state index in [2.05, 4.69) is 5.32 Å². The normalized spacial score (nSPS) is 19.8. The second-order valence-electron chi connectivity index (χ2n) is 6.10. The molecule has 3 N–H and O–H groups in total. The Labute approximate surface area is 149 Å². The largest absolute Gasteiger partial charge is 0.370 e. The minimum atomic E-state index is -0.606. The molecule has 0 aromatic heterocycles. The molecule has 25 heavy (non-hydrogen) atoms. The van der Waals surface area contributed by atoms with Crippen molar-refractivity contribution in [1.29, 1.82) is 0 Å². The summed E-state index contributed by atoms with van der Waals surface area (Å²) in [6, 6.07) is 4.91. The number of hydrogen-bond acceptors (Lipinski definition) is 5. The van der Waals surface area contributed by atoms with Crippen LogP contribution in [-0.2, 0) is 20.9 Å². The quantitative estimate of drug-likeness (QED) is 0.443. The third kappa shape index (κ3) is 3.68. The zero-order valence-corrected chi connectivity index (χ0v) is 14.4. The number of benzene rings is 1. The number of rotatable bonds is 6. The van der Waals surface area contributed by atoms with Crippen molar-refractivity contribution in [3.63, 3.8) is 0 Å². The molecule has 2 aliphatic heterocycles. The van der Waals surface area contributed by atoms with Crippen LogP contribution < -0.4 is 11.1 Å². The molecule has 1 fully saturated rings. The molecule has 7 nitrogen and oxygen atoms in total. The molecule has 1 aromatic rings. The maximum absolute atomic E-state index is 12.7. The van der Waals surface area contributed by atoms with E-state index in [0.29, 0.717) is 31.4 Å². The van der Waals surface area contributed by atoms with E-state index in [-0.39, 0.29) is 24.1 Å². The van der Waals surface area contributed by atoms with Gasteiger partial charge in [-0.2, -0.15) is 0 Å². The highest BCUT2D eigenvalue weighted by Crippen LogP contribution is 2.34.